The Morgan fingerprint density at radius 1 is 0.652 bits per heavy atom. The molecule has 0 aromatic heterocycles. The molecule has 1 fully saturated rings. The van der Waals surface area contributed by atoms with Crippen LogP contribution in [0.3, 0.4) is 0 Å². The second-order valence-electron chi connectivity index (χ2n) is 7.00. The molecule has 2 heteroatoms. The number of unbranched alkanes of at least 4 members (excludes halogenated alkanes) is 12. The van der Waals surface area contributed by atoms with Crippen LogP contribution in [0.5, 0.6) is 0 Å². The van der Waals surface area contributed by atoms with Gasteiger partial charge in [-0.3, -0.25) is 0 Å². The van der Waals surface area contributed by atoms with Crippen molar-refractivity contribution in [1.82, 2.24) is 0 Å². The highest BCUT2D eigenvalue weighted by Crippen LogP contribution is 2.08. The number of epoxide rings is 1. The van der Waals surface area contributed by atoms with Crippen LogP contribution in [0.15, 0.2) is 0 Å². The third-order valence-electron chi connectivity index (χ3n) is 4.28. The van der Waals surface area contributed by atoms with E-state index in [0.717, 1.165) is 19.8 Å². The van der Waals surface area contributed by atoms with Crippen LogP contribution in [-0.2, 0) is 9.47 Å². The third-order valence-corrected chi connectivity index (χ3v) is 4.28. The lowest BCUT2D eigenvalue weighted by Gasteiger charge is -2.04. The maximum absolute atomic E-state index is 5.69. The van der Waals surface area contributed by atoms with E-state index in [0.29, 0.717) is 6.10 Å². The van der Waals surface area contributed by atoms with Gasteiger partial charge in [0, 0.05) is 13.2 Å². The first-order chi connectivity index (χ1) is 11.3. The summed E-state index contributed by atoms with van der Waals surface area (Å²) in [6.45, 7) is 9.57. The average Bonchev–Trinajstić information content (AvgIpc) is 3.34. The minimum atomic E-state index is 0.583. The molecule has 2 nitrogen and oxygen atoms in total. The van der Waals surface area contributed by atoms with Gasteiger partial charge in [0.15, 0.2) is 0 Å². The van der Waals surface area contributed by atoms with Gasteiger partial charge in [0.25, 0.3) is 0 Å². The van der Waals surface area contributed by atoms with Gasteiger partial charge < -0.3 is 9.47 Å². The summed E-state index contributed by atoms with van der Waals surface area (Å²) in [6, 6.07) is 0. The first kappa shape index (κ1) is 22.9. The first-order valence-corrected chi connectivity index (χ1v) is 10.5. The highest BCUT2D eigenvalue weighted by molar-refractivity contribution is 4.58. The van der Waals surface area contributed by atoms with Crippen LogP contribution in [0.25, 0.3) is 0 Å². The summed E-state index contributed by atoms with van der Waals surface area (Å²) in [5.41, 5.74) is 0. The van der Waals surface area contributed by atoms with Crippen molar-refractivity contribution in [3.63, 3.8) is 0 Å². The van der Waals surface area contributed by atoms with E-state index in [9.17, 15) is 0 Å². The third kappa shape index (κ3) is 24.3. The molecule has 1 heterocycles. The predicted octanol–water partition coefficient (Wildman–Crippen LogP) is 6.91. The lowest BCUT2D eigenvalue weighted by Crippen LogP contribution is -1.97. The molecule has 0 spiro atoms. The van der Waals surface area contributed by atoms with Crippen LogP contribution in [-0.4, -0.2) is 25.9 Å². The van der Waals surface area contributed by atoms with Crippen LogP contribution in [0.2, 0.25) is 0 Å². The van der Waals surface area contributed by atoms with Crippen LogP contribution in [0.4, 0.5) is 0 Å². The van der Waals surface area contributed by atoms with Crippen molar-refractivity contribution in [3.8, 4) is 0 Å². The Morgan fingerprint density at radius 2 is 0.957 bits per heavy atom. The fourth-order valence-electron chi connectivity index (χ4n) is 2.52. The van der Waals surface area contributed by atoms with Gasteiger partial charge in [-0.15, -0.1) is 0 Å². The minimum Gasteiger partial charge on any atom is -0.381 e. The van der Waals surface area contributed by atoms with E-state index in [1.54, 1.807) is 0 Å². The number of hydrogen-bond acceptors (Lipinski definition) is 2. The quantitative estimate of drug-likeness (QED) is 0.227. The van der Waals surface area contributed by atoms with Gasteiger partial charge in [0.05, 0.1) is 12.7 Å². The van der Waals surface area contributed by atoms with E-state index in [4.69, 9.17) is 9.47 Å². The van der Waals surface area contributed by atoms with Crippen molar-refractivity contribution in [3.05, 3.63) is 0 Å². The fraction of sp³-hybridized carbons (Fsp3) is 1.00. The van der Waals surface area contributed by atoms with E-state index < -0.39 is 0 Å². The number of hydrogen-bond donors (Lipinski definition) is 0. The number of ether oxygens (including phenoxy) is 2. The Balaban J connectivity index is 0.00000104. The summed E-state index contributed by atoms with van der Waals surface area (Å²) >= 11 is 0. The molecular formula is C21H44O2. The summed E-state index contributed by atoms with van der Waals surface area (Å²) in [7, 11) is 0. The van der Waals surface area contributed by atoms with Gasteiger partial charge in [-0.25, -0.2) is 0 Å². The fourth-order valence-corrected chi connectivity index (χ4v) is 2.52. The molecule has 1 atom stereocenters. The average molecular weight is 329 g/mol. The zero-order valence-electron chi connectivity index (χ0n) is 16.4. The second kappa shape index (κ2) is 20.0. The molecule has 0 amide bonds. The van der Waals surface area contributed by atoms with E-state index in [2.05, 4.69) is 20.8 Å². The Kier molecular flexibility index (Phi) is 19.9. The molecule has 1 rings (SSSR count). The molecule has 0 radical (unpaired) electrons. The first-order valence-electron chi connectivity index (χ1n) is 10.5. The molecule has 0 aromatic carbocycles. The molecule has 1 unspecified atom stereocenters. The molecule has 0 saturated carbocycles. The van der Waals surface area contributed by atoms with Crippen molar-refractivity contribution < 1.29 is 9.47 Å². The van der Waals surface area contributed by atoms with E-state index in [1.165, 1.54) is 89.9 Å². The van der Waals surface area contributed by atoms with Crippen LogP contribution in [0, 0.1) is 0 Å². The smallest absolute Gasteiger partial charge is 0.0781 e. The van der Waals surface area contributed by atoms with Gasteiger partial charge in [-0.2, -0.15) is 0 Å². The largest absolute Gasteiger partial charge is 0.381 e. The lowest BCUT2D eigenvalue weighted by atomic mass is 10.1. The minimum absolute atomic E-state index is 0.583. The molecule has 0 aromatic rings. The molecule has 0 aliphatic carbocycles. The van der Waals surface area contributed by atoms with Gasteiger partial charge in [0.2, 0.25) is 0 Å². The van der Waals surface area contributed by atoms with Gasteiger partial charge in [0.1, 0.15) is 0 Å². The Morgan fingerprint density at radius 3 is 1.26 bits per heavy atom. The normalized spacial score (nSPS) is 16.0. The second-order valence-corrected chi connectivity index (χ2v) is 7.00. The molecule has 140 valence electrons. The maximum atomic E-state index is 5.69. The Labute approximate surface area is 146 Å². The molecule has 1 aliphatic heterocycles. The van der Waals surface area contributed by atoms with Gasteiger partial charge in [-0.05, 0) is 19.8 Å². The molecule has 0 N–H and O–H groups in total. The van der Waals surface area contributed by atoms with Gasteiger partial charge in [-0.1, -0.05) is 90.9 Å². The van der Waals surface area contributed by atoms with Crippen LogP contribution >= 0.6 is 0 Å². The SMILES string of the molecule is CC1CO1.CCCCCCCCCOCCCCCCCCC. The zero-order chi connectivity index (χ0) is 17.0. The van der Waals surface area contributed by atoms with Crippen molar-refractivity contribution >= 4 is 0 Å². The van der Waals surface area contributed by atoms with E-state index in [-0.39, 0.29) is 0 Å². The van der Waals surface area contributed by atoms with Crippen molar-refractivity contribution in [1.29, 1.82) is 0 Å². The predicted molar refractivity (Wildman–Crippen MR) is 102 cm³/mol. The molecule has 0 bridgehead atoms. The van der Waals surface area contributed by atoms with E-state index in [1.807, 2.05) is 0 Å². The highest BCUT2D eigenvalue weighted by Gasteiger charge is 2.13. The van der Waals surface area contributed by atoms with Gasteiger partial charge >= 0.3 is 0 Å². The van der Waals surface area contributed by atoms with Crippen molar-refractivity contribution in [2.24, 2.45) is 0 Å². The molecule has 1 saturated heterocycles. The summed E-state index contributed by atoms with van der Waals surface area (Å²) < 4.78 is 10.4. The standard InChI is InChI=1S/C18H38O.C3H6O/c1-3-5-7-9-11-13-15-17-19-18-16-14-12-10-8-6-4-2;1-3-2-4-3/h3-18H2,1-2H3;3H,2H2,1H3. The number of rotatable bonds is 16. The topological polar surface area (TPSA) is 21.8 Å². The van der Waals surface area contributed by atoms with Crippen LogP contribution in [0.1, 0.15) is 111 Å². The zero-order valence-corrected chi connectivity index (χ0v) is 16.4. The molecule has 1 aliphatic rings. The van der Waals surface area contributed by atoms with Crippen LogP contribution < -0.4 is 0 Å². The Bertz CT molecular complexity index is 186. The monoisotopic (exact) mass is 328 g/mol. The molecule has 23 heavy (non-hydrogen) atoms. The summed E-state index contributed by atoms with van der Waals surface area (Å²) in [6.07, 6.45) is 19.9. The highest BCUT2D eigenvalue weighted by atomic mass is 16.6. The summed E-state index contributed by atoms with van der Waals surface area (Å²) in [5, 5.41) is 0. The van der Waals surface area contributed by atoms with Crippen molar-refractivity contribution in [2.45, 2.75) is 117 Å². The summed E-state index contributed by atoms with van der Waals surface area (Å²) in [5.74, 6) is 0. The maximum Gasteiger partial charge on any atom is 0.0781 e. The Hall–Kier alpha value is -0.0800. The lowest BCUT2D eigenvalue weighted by molar-refractivity contribution is 0.125. The summed E-state index contributed by atoms with van der Waals surface area (Å²) in [4.78, 5) is 0. The molecular weight excluding hydrogens is 284 g/mol. The van der Waals surface area contributed by atoms with Crippen molar-refractivity contribution in [2.75, 3.05) is 19.8 Å². The van der Waals surface area contributed by atoms with E-state index >= 15 is 0 Å².